The molecule has 0 aliphatic rings. The molecule has 1 atom stereocenters. The van der Waals surface area contributed by atoms with Crippen molar-refractivity contribution >= 4 is 5.91 Å². The Morgan fingerprint density at radius 2 is 2.18 bits per heavy atom. The largest absolute Gasteiger partial charge is 0.456 e. The molecule has 0 unspecified atom stereocenters. The Labute approximate surface area is 102 Å². The van der Waals surface area contributed by atoms with Gasteiger partial charge >= 0.3 is 0 Å². The zero-order valence-electron chi connectivity index (χ0n) is 10.9. The van der Waals surface area contributed by atoms with Crippen LogP contribution in [0.3, 0.4) is 0 Å². The maximum atomic E-state index is 12.0. The van der Waals surface area contributed by atoms with Crippen molar-refractivity contribution in [3.05, 3.63) is 23.2 Å². The van der Waals surface area contributed by atoms with Crippen LogP contribution in [0.2, 0.25) is 0 Å². The second kappa shape index (κ2) is 5.87. The van der Waals surface area contributed by atoms with Gasteiger partial charge in [-0.1, -0.05) is 20.8 Å². The Hall–Kier alpha value is -1.29. The van der Waals surface area contributed by atoms with E-state index in [1.807, 2.05) is 33.8 Å². The molecule has 0 aromatic carbocycles. The summed E-state index contributed by atoms with van der Waals surface area (Å²) < 4.78 is 5.46. The van der Waals surface area contributed by atoms with Gasteiger partial charge in [-0.2, -0.15) is 0 Å². The fourth-order valence-corrected chi connectivity index (χ4v) is 1.60. The molecule has 2 N–H and O–H groups in total. The lowest BCUT2D eigenvalue weighted by molar-refractivity contribution is 0.0866. The van der Waals surface area contributed by atoms with E-state index >= 15 is 0 Å². The zero-order chi connectivity index (χ0) is 13.0. The van der Waals surface area contributed by atoms with Gasteiger partial charge in [0.2, 0.25) is 0 Å². The summed E-state index contributed by atoms with van der Waals surface area (Å²) in [6.07, 6.45) is 0.766. The molecule has 1 rings (SSSR count). The van der Waals surface area contributed by atoms with Crippen LogP contribution < -0.4 is 5.32 Å². The van der Waals surface area contributed by atoms with Gasteiger partial charge < -0.3 is 14.8 Å². The van der Waals surface area contributed by atoms with Crippen LogP contribution in [0.25, 0.3) is 0 Å². The van der Waals surface area contributed by atoms with E-state index in [1.54, 1.807) is 0 Å². The minimum absolute atomic E-state index is 0.0657. The molecule has 0 spiro atoms. The molecule has 0 radical (unpaired) electrons. The normalized spacial score (nSPS) is 12.8. The molecule has 1 aromatic heterocycles. The molecule has 17 heavy (non-hydrogen) atoms. The highest BCUT2D eigenvalue weighted by Crippen LogP contribution is 2.15. The number of aryl methyl sites for hydroxylation is 2. The third kappa shape index (κ3) is 3.33. The topological polar surface area (TPSA) is 62.5 Å². The minimum atomic E-state index is -0.255. The molecule has 0 aliphatic carbocycles. The van der Waals surface area contributed by atoms with Crippen LogP contribution in [-0.2, 0) is 6.42 Å². The van der Waals surface area contributed by atoms with Crippen LogP contribution in [0.4, 0.5) is 0 Å². The molecule has 96 valence electrons. The molecule has 1 amide bonds. The van der Waals surface area contributed by atoms with Gasteiger partial charge in [0.15, 0.2) is 5.76 Å². The molecule has 4 nitrogen and oxygen atoms in total. The first-order valence-electron chi connectivity index (χ1n) is 6.00. The van der Waals surface area contributed by atoms with Gasteiger partial charge in [0.25, 0.3) is 5.91 Å². The molecule has 0 aliphatic heterocycles. The van der Waals surface area contributed by atoms with Gasteiger partial charge in [-0.25, -0.2) is 0 Å². The van der Waals surface area contributed by atoms with Crippen LogP contribution in [0.1, 0.15) is 42.6 Å². The van der Waals surface area contributed by atoms with Gasteiger partial charge in [0, 0.05) is 12.0 Å². The van der Waals surface area contributed by atoms with Crippen molar-refractivity contribution in [2.45, 2.75) is 40.2 Å². The van der Waals surface area contributed by atoms with Crippen molar-refractivity contribution in [1.82, 2.24) is 5.32 Å². The number of aliphatic hydroxyl groups excluding tert-OH is 1. The lowest BCUT2D eigenvalue weighted by atomic mass is 10.1. The molecular formula is C13H21NO3. The number of furan rings is 1. The number of hydrogen-bond donors (Lipinski definition) is 2. The van der Waals surface area contributed by atoms with Gasteiger partial charge in [-0.3, -0.25) is 4.79 Å². The van der Waals surface area contributed by atoms with Crippen LogP contribution >= 0.6 is 0 Å². The van der Waals surface area contributed by atoms with E-state index in [0.29, 0.717) is 5.76 Å². The average Bonchev–Trinajstić information content (AvgIpc) is 2.66. The Kier molecular flexibility index (Phi) is 4.75. The molecule has 4 heteroatoms. The molecular weight excluding hydrogens is 218 g/mol. The summed E-state index contributed by atoms with van der Waals surface area (Å²) in [6.45, 7) is 7.66. The van der Waals surface area contributed by atoms with E-state index in [9.17, 15) is 4.79 Å². The van der Waals surface area contributed by atoms with E-state index < -0.39 is 0 Å². The lowest BCUT2D eigenvalue weighted by Gasteiger charge is -2.19. The second-order valence-electron chi connectivity index (χ2n) is 4.58. The van der Waals surface area contributed by atoms with Crippen molar-refractivity contribution in [2.75, 3.05) is 6.61 Å². The molecule has 0 saturated heterocycles. The van der Waals surface area contributed by atoms with Crippen molar-refractivity contribution < 1.29 is 14.3 Å². The quantitative estimate of drug-likeness (QED) is 0.825. The van der Waals surface area contributed by atoms with Crippen molar-refractivity contribution in [2.24, 2.45) is 5.92 Å². The van der Waals surface area contributed by atoms with Crippen molar-refractivity contribution in [3.63, 3.8) is 0 Å². The first kappa shape index (κ1) is 13.8. The Balaban J connectivity index is 2.78. The predicted molar refractivity (Wildman–Crippen MR) is 66.0 cm³/mol. The fraction of sp³-hybridized carbons (Fsp3) is 0.615. The Morgan fingerprint density at radius 3 is 2.59 bits per heavy atom. The van der Waals surface area contributed by atoms with E-state index in [-0.39, 0.29) is 24.5 Å². The lowest BCUT2D eigenvalue weighted by Crippen LogP contribution is -2.41. The summed E-state index contributed by atoms with van der Waals surface area (Å²) in [5.41, 5.74) is 0.833. The van der Waals surface area contributed by atoms with Gasteiger partial charge in [0.1, 0.15) is 5.76 Å². The summed E-state index contributed by atoms with van der Waals surface area (Å²) in [5, 5.41) is 11.9. The number of carbonyl (C=O) groups excluding carboxylic acids is 1. The maximum Gasteiger partial charge on any atom is 0.287 e. The monoisotopic (exact) mass is 239 g/mol. The third-order valence-electron chi connectivity index (χ3n) is 2.84. The fourth-order valence-electron chi connectivity index (χ4n) is 1.60. The summed E-state index contributed by atoms with van der Waals surface area (Å²) in [6, 6.07) is 1.63. The Morgan fingerprint density at radius 1 is 1.53 bits per heavy atom. The summed E-state index contributed by atoms with van der Waals surface area (Å²) in [7, 11) is 0. The van der Waals surface area contributed by atoms with Gasteiger partial charge in [-0.15, -0.1) is 0 Å². The summed E-state index contributed by atoms with van der Waals surface area (Å²) in [5.74, 6) is 1.08. The molecule has 0 bridgehead atoms. The molecule has 0 saturated carbocycles. The highest BCUT2D eigenvalue weighted by molar-refractivity contribution is 5.93. The second-order valence-corrected chi connectivity index (χ2v) is 4.58. The SMILES string of the molecule is CCc1cc(C)c(C(=O)N[C@H](CO)C(C)C)o1. The molecule has 0 fully saturated rings. The highest BCUT2D eigenvalue weighted by atomic mass is 16.4. The number of aliphatic hydroxyl groups is 1. The number of hydrogen-bond acceptors (Lipinski definition) is 3. The number of rotatable bonds is 5. The molecule has 1 heterocycles. The Bertz CT molecular complexity index is 382. The third-order valence-corrected chi connectivity index (χ3v) is 2.84. The van der Waals surface area contributed by atoms with E-state index in [0.717, 1.165) is 17.7 Å². The number of carbonyl (C=O) groups is 1. The first-order valence-corrected chi connectivity index (χ1v) is 6.00. The van der Waals surface area contributed by atoms with Gasteiger partial charge in [0.05, 0.1) is 12.6 Å². The van der Waals surface area contributed by atoms with Crippen molar-refractivity contribution in [1.29, 1.82) is 0 Å². The standard InChI is InChI=1S/C13H21NO3/c1-5-10-6-9(4)12(17-10)13(16)14-11(7-15)8(2)3/h6,8,11,15H,5,7H2,1-4H3,(H,14,16)/t11-/m1/s1. The predicted octanol–water partition coefficient (Wildman–Crippen LogP) is 1.90. The zero-order valence-corrected chi connectivity index (χ0v) is 10.9. The van der Waals surface area contributed by atoms with Crippen LogP contribution in [0.15, 0.2) is 10.5 Å². The van der Waals surface area contributed by atoms with Crippen LogP contribution in [-0.4, -0.2) is 23.7 Å². The minimum Gasteiger partial charge on any atom is -0.456 e. The maximum absolute atomic E-state index is 12.0. The van der Waals surface area contributed by atoms with Crippen molar-refractivity contribution in [3.8, 4) is 0 Å². The van der Waals surface area contributed by atoms with E-state index in [2.05, 4.69) is 5.32 Å². The van der Waals surface area contributed by atoms with Crippen LogP contribution in [0.5, 0.6) is 0 Å². The molecule has 1 aromatic rings. The van der Waals surface area contributed by atoms with Crippen LogP contribution in [0, 0.1) is 12.8 Å². The summed E-state index contributed by atoms with van der Waals surface area (Å²) >= 11 is 0. The number of nitrogens with one attached hydrogen (secondary N) is 1. The average molecular weight is 239 g/mol. The number of amides is 1. The highest BCUT2D eigenvalue weighted by Gasteiger charge is 2.20. The summed E-state index contributed by atoms with van der Waals surface area (Å²) in [4.78, 5) is 12.0. The first-order chi connectivity index (χ1) is 7.99. The smallest absolute Gasteiger partial charge is 0.287 e. The van der Waals surface area contributed by atoms with Gasteiger partial charge in [-0.05, 0) is 18.9 Å². The van der Waals surface area contributed by atoms with E-state index in [1.165, 1.54) is 0 Å². The van der Waals surface area contributed by atoms with E-state index in [4.69, 9.17) is 9.52 Å².